The van der Waals surface area contributed by atoms with Crippen LogP contribution in [0.1, 0.15) is 37.3 Å². The molecule has 2 aromatic carbocycles. The Balaban J connectivity index is 1.47. The molecule has 4 aromatic rings. The van der Waals surface area contributed by atoms with E-state index in [9.17, 15) is 31.6 Å². The molecule has 0 unspecified atom stereocenters. The van der Waals surface area contributed by atoms with E-state index >= 15 is 8.78 Å². The van der Waals surface area contributed by atoms with Crippen molar-refractivity contribution < 1.29 is 39.9 Å². The van der Waals surface area contributed by atoms with Gasteiger partial charge in [0, 0.05) is 71.0 Å². The fraction of sp³-hybridized carbons (Fsp3) is 0.485. The molecule has 3 saturated heterocycles. The zero-order valence-electron chi connectivity index (χ0n) is 26.8. The molecule has 3 N–H and O–H groups in total. The van der Waals surface area contributed by atoms with E-state index in [-0.39, 0.29) is 47.9 Å². The van der Waals surface area contributed by atoms with E-state index in [1.165, 1.54) is 0 Å². The number of hydrogen-bond donors (Lipinski definition) is 2. The first-order valence-electron chi connectivity index (χ1n) is 15.9. The molecule has 17 heteroatoms. The predicted molar refractivity (Wildman–Crippen MR) is 172 cm³/mol. The van der Waals surface area contributed by atoms with Crippen molar-refractivity contribution in [1.82, 2.24) is 20.2 Å². The molecule has 3 aliphatic heterocycles. The molecule has 8 nitrogen and oxygen atoms in total. The fourth-order valence-corrected chi connectivity index (χ4v) is 8.78. The molecule has 3 fully saturated rings. The van der Waals surface area contributed by atoms with Crippen LogP contribution in [0.25, 0.3) is 32.1 Å². The van der Waals surface area contributed by atoms with Crippen molar-refractivity contribution in [1.29, 1.82) is 5.26 Å². The van der Waals surface area contributed by atoms with Crippen LogP contribution in [0.5, 0.6) is 6.01 Å². The summed E-state index contributed by atoms with van der Waals surface area (Å²) in [4.78, 5) is 12.2. The zero-order valence-corrected chi connectivity index (χ0v) is 27.6. The molecule has 4 atom stereocenters. The summed E-state index contributed by atoms with van der Waals surface area (Å²) < 4.78 is 126. The summed E-state index contributed by atoms with van der Waals surface area (Å²) >= 11 is 0.517. The first kappa shape index (κ1) is 34.4. The number of nitrogens with zero attached hydrogens (tertiary/aromatic N) is 5. The second-order valence-electron chi connectivity index (χ2n) is 13.7. The number of piperidine rings is 1. The monoisotopic (exact) mass is 725 g/mol. The average Bonchev–Trinajstić information content (AvgIpc) is 3.56. The van der Waals surface area contributed by atoms with Gasteiger partial charge in [0.25, 0.3) is 0 Å². The number of ether oxygens (including phenoxy) is 1. The maximum Gasteiger partial charge on any atom is 0.417 e. The smallest absolute Gasteiger partial charge is 0.417 e. The molecule has 0 spiro atoms. The van der Waals surface area contributed by atoms with Gasteiger partial charge in [-0.2, -0.15) is 28.4 Å². The van der Waals surface area contributed by atoms with Crippen molar-refractivity contribution in [2.24, 2.45) is 11.3 Å². The minimum atomic E-state index is -5.27. The number of nitriles is 1. The Morgan fingerprint density at radius 2 is 1.80 bits per heavy atom. The lowest BCUT2D eigenvalue weighted by Crippen LogP contribution is -2.51. The van der Waals surface area contributed by atoms with Gasteiger partial charge in [0.05, 0.1) is 22.4 Å². The number of alkyl halides is 5. The number of piperazine rings is 1. The second-order valence-corrected chi connectivity index (χ2v) is 14.7. The maximum absolute atomic E-state index is 17.0. The maximum atomic E-state index is 17.0. The number of nitrogens with one attached hydrogen (secondary N) is 1. The van der Waals surface area contributed by atoms with Crippen molar-refractivity contribution >= 4 is 43.1 Å². The first-order chi connectivity index (χ1) is 23.6. The summed E-state index contributed by atoms with van der Waals surface area (Å²) in [5.74, 6) is -5.47. The fourth-order valence-electron chi connectivity index (χ4n) is 7.85. The van der Waals surface area contributed by atoms with Crippen LogP contribution in [0.3, 0.4) is 0 Å². The van der Waals surface area contributed by atoms with Gasteiger partial charge >= 0.3 is 12.2 Å². The number of likely N-dealkylation sites (tertiary alicyclic amines) is 1. The van der Waals surface area contributed by atoms with Crippen LogP contribution in [0.4, 0.5) is 45.9 Å². The number of rotatable bonds is 6. The molecule has 0 radical (unpaired) electrons. The number of benzene rings is 2. The van der Waals surface area contributed by atoms with Crippen molar-refractivity contribution in [3.63, 3.8) is 0 Å². The topological polar surface area (TPSA) is 103 Å². The lowest BCUT2D eigenvalue weighted by Gasteiger charge is -2.44. The van der Waals surface area contributed by atoms with E-state index in [1.807, 2.05) is 4.90 Å². The molecule has 266 valence electrons. The average molecular weight is 726 g/mol. The van der Waals surface area contributed by atoms with Gasteiger partial charge in [0.1, 0.15) is 34.0 Å². The molecule has 0 aliphatic carbocycles. The second kappa shape index (κ2) is 12.3. The number of hydrogen-bond acceptors (Lipinski definition) is 9. The number of thiophene rings is 1. The lowest BCUT2D eigenvalue weighted by molar-refractivity contribution is -0.137. The van der Waals surface area contributed by atoms with Gasteiger partial charge in [0.2, 0.25) is 6.43 Å². The van der Waals surface area contributed by atoms with Crippen LogP contribution < -0.4 is 20.7 Å². The molecule has 5 heterocycles. The Hall–Kier alpha value is -4.01. The van der Waals surface area contributed by atoms with Gasteiger partial charge in [-0.1, -0.05) is 6.92 Å². The summed E-state index contributed by atoms with van der Waals surface area (Å²) in [6.45, 7) is 2.63. The van der Waals surface area contributed by atoms with E-state index in [2.05, 4.69) is 15.3 Å². The Kier molecular flexibility index (Phi) is 8.50. The first-order valence-corrected chi connectivity index (χ1v) is 16.7. The van der Waals surface area contributed by atoms with E-state index < -0.39 is 85.3 Å². The standard InChI is InChI=1S/C33H31F8N7OS/c1-32(12-47(2)6-5-18(32)28(37)38)13-49-31-45-26-16(30(46-31)48-10-14-3-4-15(11-48)44-14)7-19(33(39,40)41)23(25(26)36)24-20(34)8-21(35)27-22(24)17(9-42)29(43)50-27/h7-8,14-15,18,28,44H,3-6,10-13,43H2,1-2H3/t14-,15+,18-,32+/m1/s1. The Labute approximate surface area is 284 Å². The third kappa shape index (κ3) is 5.74. The molecule has 0 saturated carbocycles. The molecule has 50 heavy (non-hydrogen) atoms. The van der Waals surface area contributed by atoms with Crippen LogP contribution in [0, 0.1) is 40.1 Å². The Bertz CT molecular complexity index is 2040. The zero-order chi connectivity index (χ0) is 35.9. The number of nitrogen functional groups attached to an aromatic ring is 1. The van der Waals surface area contributed by atoms with Gasteiger partial charge in [-0.25, -0.2) is 22.0 Å². The normalized spacial score (nSPS) is 24.4. The quantitative estimate of drug-likeness (QED) is 0.206. The third-order valence-electron chi connectivity index (χ3n) is 10.2. The predicted octanol–water partition coefficient (Wildman–Crippen LogP) is 6.94. The van der Waals surface area contributed by atoms with Crippen LogP contribution in [-0.2, 0) is 6.18 Å². The van der Waals surface area contributed by atoms with Crippen molar-refractivity contribution in [2.75, 3.05) is 50.5 Å². The summed E-state index contributed by atoms with van der Waals surface area (Å²) in [6, 6.07) is 2.10. The lowest BCUT2D eigenvalue weighted by atomic mass is 9.73. The molecule has 2 bridgehead atoms. The summed E-state index contributed by atoms with van der Waals surface area (Å²) in [5, 5.41) is 11.9. The van der Waals surface area contributed by atoms with E-state index in [0.29, 0.717) is 43.1 Å². The van der Waals surface area contributed by atoms with Crippen LogP contribution in [-0.4, -0.2) is 73.2 Å². The minimum absolute atomic E-state index is 0.0205. The molecule has 3 aliphatic rings. The van der Waals surface area contributed by atoms with Crippen LogP contribution >= 0.6 is 11.3 Å². The van der Waals surface area contributed by atoms with Gasteiger partial charge < -0.3 is 25.6 Å². The highest BCUT2D eigenvalue weighted by molar-refractivity contribution is 7.23. The van der Waals surface area contributed by atoms with Crippen LogP contribution in [0.2, 0.25) is 0 Å². The number of fused-ring (bicyclic) bond motifs is 4. The summed E-state index contributed by atoms with van der Waals surface area (Å²) in [5.41, 5.74) is -0.283. The Morgan fingerprint density at radius 1 is 1.10 bits per heavy atom. The number of anilines is 2. The van der Waals surface area contributed by atoms with E-state index in [4.69, 9.17) is 10.5 Å². The minimum Gasteiger partial charge on any atom is -0.463 e. The van der Waals surface area contributed by atoms with Crippen LogP contribution in [0.15, 0.2) is 12.1 Å². The summed E-state index contributed by atoms with van der Waals surface area (Å²) in [7, 11) is 1.78. The van der Waals surface area contributed by atoms with Crippen molar-refractivity contribution in [2.45, 2.75) is 50.9 Å². The Morgan fingerprint density at radius 3 is 2.44 bits per heavy atom. The molecule has 7 rings (SSSR count). The van der Waals surface area contributed by atoms with E-state index in [0.717, 1.165) is 12.8 Å². The highest BCUT2D eigenvalue weighted by atomic mass is 32.1. The van der Waals surface area contributed by atoms with Gasteiger partial charge in [-0.05, 0) is 38.9 Å². The molecule has 0 amide bonds. The highest BCUT2D eigenvalue weighted by Gasteiger charge is 2.45. The van der Waals surface area contributed by atoms with Crippen molar-refractivity contribution in [3.05, 3.63) is 40.7 Å². The van der Waals surface area contributed by atoms with Gasteiger partial charge in [-0.3, -0.25) is 0 Å². The molecular weight excluding hydrogens is 694 g/mol. The highest BCUT2D eigenvalue weighted by Crippen LogP contribution is 2.49. The summed E-state index contributed by atoms with van der Waals surface area (Å²) in [6.07, 6.45) is -6.15. The molecular formula is C33H31F8N7OS. The number of nitrogens with two attached hydrogens (primary N) is 1. The number of halogens is 8. The molecule has 2 aromatic heterocycles. The van der Waals surface area contributed by atoms with E-state index in [1.54, 1.807) is 24.9 Å². The SMILES string of the molecule is CN1CC[C@H](C(F)F)[C@](C)(COc2nc(N3C[C@H]4CC[C@@H](C3)N4)c3cc(C(F)(F)F)c(-c4c(F)cc(F)c5sc(N)c(C#N)c45)c(F)c3n2)C1. The van der Waals surface area contributed by atoms with Gasteiger partial charge in [-0.15, -0.1) is 11.3 Å². The largest absolute Gasteiger partial charge is 0.463 e. The third-order valence-corrected chi connectivity index (χ3v) is 11.2. The number of aromatic nitrogens is 2. The van der Waals surface area contributed by atoms with Crippen molar-refractivity contribution in [3.8, 4) is 23.2 Å². The van der Waals surface area contributed by atoms with Gasteiger partial charge in [0.15, 0.2) is 5.82 Å².